The number of rotatable bonds is 2. The molecule has 1 atom stereocenters. The first-order valence-corrected chi connectivity index (χ1v) is 5.89. The van der Waals surface area contributed by atoms with Crippen molar-refractivity contribution in [3.63, 3.8) is 0 Å². The number of halogens is 1. The molecule has 1 saturated heterocycles. The van der Waals surface area contributed by atoms with E-state index in [1.165, 1.54) is 0 Å². The molecule has 0 spiro atoms. The minimum Gasteiger partial charge on any atom is -0.367 e. The van der Waals surface area contributed by atoms with Crippen molar-refractivity contribution in [3.05, 3.63) is 18.6 Å². The van der Waals surface area contributed by atoms with Crippen LogP contribution in [0.1, 0.15) is 13.8 Å². The van der Waals surface area contributed by atoms with E-state index in [1.807, 2.05) is 0 Å². The molecule has 0 saturated carbocycles. The molecule has 5 heteroatoms. The number of anilines is 1. The van der Waals surface area contributed by atoms with Crippen molar-refractivity contribution < 1.29 is 4.74 Å². The van der Waals surface area contributed by atoms with Crippen LogP contribution < -0.4 is 4.90 Å². The van der Waals surface area contributed by atoms with Crippen LogP contribution in [0.3, 0.4) is 0 Å². The zero-order valence-electron chi connectivity index (χ0n) is 9.56. The second-order valence-electron chi connectivity index (χ2n) is 4.60. The molecule has 0 aromatic carbocycles. The zero-order chi connectivity index (χ0) is 11.6. The molecule has 16 heavy (non-hydrogen) atoms. The van der Waals surface area contributed by atoms with E-state index >= 15 is 0 Å². The summed E-state index contributed by atoms with van der Waals surface area (Å²) in [6.45, 7) is 5.70. The van der Waals surface area contributed by atoms with Crippen LogP contribution in [-0.2, 0) is 4.74 Å². The van der Waals surface area contributed by atoms with Crippen LogP contribution in [0.15, 0.2) is 18.6 Å². The normalized spacial score (nSPS) is 24.4. The SMILES string of the molecule is CC1(C)CN(c2cnccn2)CC(CCl)O1. The minimum atomic E-state index is -0.199. The van der Waals surface area contributed by atoms with Gasteiger partial charge in [0, 0.05) is 25.5 Å². The smallest absolute Gasteiger partial charge is 0.147 e. The van der Waals surface area contributed by atoms with E-state index in [9.17, 15) is 0 Å². The number of ether oxygens (including phenoxy) is 1. The Kier molecular flexibility index (Phi) is 3.30. The number of alkyl halides is 1. The molecule has 0 radical (unpaired) electrons. The van der Waals surface area contributed by atoms with Gasteiger partial charge in [-0.15, -0.1) is 11.6 Å². The number of morpholine rings is 1. The van der Waals surface area contributed by atoms with Gasteiger partial charge in [0.15, 0.2) is 0 Å². The first-order chi connectivity index (χ1) is 7.61. The third kappa shape index (κ3) is 2.62. The molecule has 2 rings (SSSR count). The quantitative estimate of drug-likeness (QED) is 0.739. The van der Waals surface area contributed by atoms with E-state index in [-0.39, 0.29) is 11.7 Å². The molecule has 0 N–H and O–H groups in total. The van der Waals surface area contributed by atoms with E-state index in [0.29, 0.717) is 5.88 Å². The Labute approximate surface area is 101 Å². The maximum absolute atomic E-state index is 5.87. The van der Waals surface area contributed by atoms with E-state index in [1.54, 1.807) is 18.6 Å². The van der Waals surface area contributed by atoms with E-state index < -0.39 is 0 Å². The molecule has 0 bridgehead atoms. The van der Waals surface area contributed by atoms with E-state index in [2.05, 4.69) is 28.7 Å². The molecule has 1 aliphatic heterocycles. The highest BCUT2D eigenvalue weighted by molar-refractivity contribution is 6.18. The van der Waals surface area contributed by atoms with Gasteiger partial charge in [-0.25, -0.2) is 4.98 Å². The highest BCUT2D eigenvalue weighted by Gasteiger charge is 2.33. The Balaban J connectivity index is 2.16. The number of nitrogens with zero attached hydrogens (tertiary/aromatic N) is 3. The summed E-state index contributed by atoms with van der Waals surface area (Å²) in [5, 5.41) is 0. The Hall–Kier alpha value is -0.870. The molecule has 0 amide bonds. The average Bonchev–Trinajstić information content (AvgIpc) is 2.28. The first kappa shape index (κ1) is 11.6. The van der Waals surface area contributed by atoms with Gasteiger partial charge in [0.2, 0.25) is 0 Å². The second kappa shape index (κ2) is 4.55. The van der Waals surface area contributed by atoms with Crippen LogP contribution >= 0.6 is 11.6 Å². The third-order valence-electron chi connectivity index (χ3n) is 2.53. The molecule has 0 aliphatic carbocycles. The lowest BCUT2D eigenvalue weighted by atomic mass is 10.1. The van der Waals surface area contributed by atoms with Crippen molar-refractivity contribution >= 4 is 17.4 Å². The van der Waals surface area contributed by atoms with Crippen LogP contribution in [0.2, 0.25) is 0 Å². The zero-order valence-corrected chi connectivity index (χ0v) is 10.3. The van der Waals surface area contributed by atoms with Crippen molar-refractivity contribution in [1.82, 2.24) is 9.97 Å². The van der Waals surface area contributed by atoms with E-state index in [4.69, 9.17) is 16.3 Å². The number of hydrogen-bond donors (Lipinski definition) is 0. The average molecular weight is 242 g/mol. The van der Waals surface area contributed by atoms with Crippen LogP contribution in [0.25, 0.3) is 0 Å². The third-order valence-corrected chi connectivity index (χ3v) is 2.87. The predicted octanol–water partition coefficient (Wildman–Crippen LogP) is 1.70. The summed E-state index contributed by atoms with van der Waals surface area (Å²) in [5.74, 6) is 1.38. The molecule has 1 aromatic heterocycles. The standard InChI is InChI=1S/C11H16ClN3O/c1-11(2)8-15(7-9(5-12)16-11)10-6-13-3-4-14-10/h3-4,6,9H,5,7-8H2,1-2H3. The fourth-order valence-electron chi connectivity index (χ4n) is 2.01. The molecule has 1 aliphatic rings. The van der Waals surface area contributed by atoms with Crippen molar-refractivity contribution in [2.75, 3.05) is 23.9 Å². The first-order valence-electron chi connectivity index (χ1n) is 5.35. The van der Waals surface area contributed by atoms with Gasteiger partial charge in [0.25, 0.3) is 0 Å². The second-order valence-corrected chi connectivity index (χ2v) is 4.91. The largest absolute Gasteiger partial charge is 0.367 e. The Morgan fingerprint density at radius 1 is 1.56 bits per heavy atom. The lowest BCUT2D eigenvalue weighted by Gasteiger charge is -2.42. The van der Waals surface area contributed by atoms with Crippen molar-refractivity contribution in [1.29, 1.82) is 0 Å². The summed E-state index contributed by atoms with van der Waals surface area (Å²) in [5.41, 5.74) is -0.199. The summed E-state index contributed by atoms with van der Waals surface area (Å²) < 4.78 is 5.85. The van der Waals surface area contributed by atoms with Gasteiger partial charge in [-0.1, -0.05) is 0 Å². The number of aromatic nitrogens is 2. The van der Waals surface area contributed by atoms with Crippen LogP contribution in [-0.4, -0.2) is 40.6 Å². The topological polar surface area (TPSA) is 38.2 Å². The highest BCUT2D eigenvalue weighted by Crippen LogP contribution is 2.24. The van der Waals surface area contributed by atoms with Crippen molar-refractivity contribution in [2.45, 2.75) is 25.6 Å². The summed E-state index contributed by atoms with van der Waals surface area (Å²) in [7, 11) is 0. The maximum atomic E-state index is 5.87. The van der Waals surface area contributed by atoms with Gasteiger partial charge < -0.3 is 9.64 Å². The number of hydrogen-bond acceptors (Lipinski definition) is 4. The molecular weight excluding hydrogens is 226 g/mol. The predicted molar refractivity (Wildman–Crippen MR) is 63.9 cm³/mol. The summed E-state index contributed by atoms with van der Waals surface area (Å²) >= 11 is 5.87. The van der Waals surface area contributed by atoms with Crippen LogP contribution in [0, 0.1) is 0 Å². The Morgan fingerprint density at radius 3 is 3.00 bits per heavy atom. The molecular formula is C11H16ClN3O. The van der Waals surface area contributed by atoms with Crippen LogP contribution in [0.5, 0.6) is 0 Å². The van der Waals surface area contributed by atoms with Crippen molar-refractivity contribution in [3.8, 4) is 0 Å². The van der Waals surface area contributed by atoms with E-state index in [0.717, 1.165) is 18.9 Å². The molecule has 88 valence electrons. The lowest BCUT2D eigenvalue weighted by Crippen LogP contribution is -2.53. The van der Waals surface area contributed by atoms with Gasteiger partial charge in [0.1, 0.15) is 5.82 Å². The summed E-state index contributed by atoms with van der Waals surface area (Å²) in [6, 6.07) is 0. The monoisotopic (exact) mass is 241 g/mol. The molecule has 1 fully saturated rings. The molecule has 1 aromatic rings. The molecule has 4 nitrogen and oxygen atoms in total. The van der Waals surface area contributed by atoms with Gasteiger partial charge in [-0.3, -0.25) is 4.98 Å². The maximum Gasteiger partial charge on any atom is 0.147 e. The van der Waals surface area contributed by atoms with Crippen molar-refractivity contribution in [2.24, 2.45) is 0 Å². The lowest BCUT2D eigenvalue weighted by molar-refractivity contribution is -0.0736. The highest BCUT2D eigenvalue weighted by atomic mass is 35.5. The van der Waals surface area contributed by atoms with Gasteiger partial charge >= 0.3 is 0 Å². The van der Waals surface area contributed by atoms with Gasteiger partial charge in [-0.2, -0.15) is 0 Å². The Bertz CT molecular complexity index is 344. The Morgan fingerprint density at radius 2 is 2.38 bits per heavy atom. The fraction of sp³-hybridized carbons (Fsp3) is 0.636. The summed E-state index contributed by atoms with van der Waals surface area (Å²) in [6.07, 6.45) is 5.20. The summed E-state index contributed by atoms with van der Waals surface area (Å²) in [4.78, 5) is 10.6. The van der Waals surface area contributed by atoms with Gasteiger partial charge in [0.05, 0.1) is 23.8 Å². The van der Waals surface area contributed by atoms with Crippen LogP contribution in [0.4, 0.5) is 5.82 Å². The molecule has 2 heterocycles. The molecule has 1 unspecified atom stereocenters. The van der Waals surface area contributed by atoms with Gasteiger partial charge in [-0.05, 0) is 13.8 Å². The fourth-order valence-corrected chi connectivity index (χ4v) is 2.17. The minimum absolute atomic E-state index is 0.0485.